The Bertz CT molecular complexity index is 183. The Balaban J connectivity index is 3.89. The Labute approximate surface area is 70.8 Å². The summed E-state index contributed by atoms with van der Waals surface area (Å²) in [5.74, 6) is -1.50. The van der Waals surface area contributed by atoms with Crippen LogP contribution in [0.15, 0.2) is 11.8 Å². The van der Waals surface area contributed by atoms with E-state index in [1.807, 2.05) is 6.92 Å². The van der Waals surface area contributed by atoms with E-state index in [0.717, 1.165) is 18.9 Å². The van der Waals surface area contributed by atoms with Crippen LogP contribution in [0.1, 0.15) is 19.8 Å². The molecule has 68 valence electrons. The van der Waals surface area contributed by atoms with Gasteiger partial charge < -0.3 is 9.84 Å². The summed E-state index contributed by atoms with van der Waals surface area (Å²) in [6.45, 7) is 2.30. The van der Waals surface area contributed by atoms with Crippen LogP contribution < -0.4 is 0 Å². The Hall–Kier alpha value is -1.32. The molecule has 0 aromatic carbocycles. The van der Waals surface area contributed by atoms with Gasteiger partial charge in [0.2, 0.25) is 5.76 Å². The van der Waals surface area contributed by atoms with Crippen molar-refractivity contribution in [2.75, 3.05) is 6.61 Å². The van der Waals surface area contributed by atoms with Gasteiger partial charge in [0, 0.05) is 6.08 Å². The summed E-state index contributed by atoms with van der Waals surface area (Å²) in [5.41, 5.74) is 0. The van der Waals surface area contributed by atoms with E-state index in [1.165, 1.54) is 0 Å². The third-order valence-corrected chi connectivity index (χ3v) is 1.19. The highest BCUT2D eigenvalue weighted by Crippen LogP contribution is 1.98. The van der Waals surface area contributed by atoms with Crippen molar-refractivity contribution >= 4 is 12.3 Å². The lowest BCUT2D eigenvalue weighted by Gasteiger charge is -2.03. The maximum absolute atomic E-state index is 10.3. The largest absolute Gasteiger partial charge is 0.486 e. The Morgan fingerprint density at radius 2 is 2.25 bits per heavy atom. The third-order valence-electron chi connectivity index (χ3n) is 1.19. The number of hydrogen-bond donors (Lipinski definition) is 1. The molecule has 0 aliphatic heterocycles. The lowest BCUT2D eigenvalue weighted by Crippen LogP contribution is -2.06. The van der Waals surface area contributed by atoms with Gasteiger partial charge in [0.05, 0.1) is 6.61 Å². The van der Waals surface area contributed by atoms with Gasteiger partial charge in [-0.15, -0.1) is 0 Å². The summed E-state index contributed by atoms with van der Waals surface area (Å²) in [4.78, 5) is 20.3. The molecule has 0 amide bonds. The van der Waals surface area contributed by atoms with Crippen LogP contribution in [-0.4, -0.2) is 24.0 Å². The van der Waals surface area contributed by atoms with Gasteiger partial charge in [0.1, 0.15) is 6.29 Å². The third kappa shape index (κ3) is 4.49. The van der Waals surface area contributed by atoms with Crippen LogP contribution in [0, 0.1) is 0 Å². The predicted octanol–water partition coefficient (Wildman–Crippen LogP) is 0.970. The second-order valence-electron chi connectivity index (χ2n) is 2.17. The predicted molar refractivity (Wildman–Crippen MR) is 42.6 cm³/mol. The maximum Gasteiger partial charge on any atom is 0.371 e. The van der Waals surface area contributed by atoms with E-state index in [0.29, 0.717) is 12.9 Å². The van der Waals surface area contributed by atoms with Crippen molar-refractivity contribution in [3.8, 4) is 0 Å². The normalized spacial score (nSPS) is 10.9. The summed E-state index contributed by atoms with van der Waals surface area (Å²) in [6.07, 6.45) is 3.00. The fourth-order valence-corrected chi connectivity index (χ4v) is 0.569. The van der Waals surface area contributed by atoms with Gasteiger partial charge in [-0.05, 0) is 6.42 Å². The van der Waals surface area contributed by atoms with Gasteiger partial charge in [-0.25, -0.2) is 4.79 Å². The fraction of sp³-hybridized carbons (Fsp3) is 0.500. The summed E-state index contributed by atoms with van der Waals surface area (Å²) >= 11 is 0. The quantitative estimate of drug-likeness (QED) is 0.280. The Kier molecular flexibility index (Phi) is 5.69. The number of carboxylic acid groups (broad SMARTS) is 1. The van der Waals surface area contributed by atoms with Gasteiger partial charge in [-0.1, -0.05) is 13.3 Å². The molecule has 0 radical (unpaired) electrons. The van der Waals surface area contributed by atoms with Gasteiger partial charge >= 0.3 is 5.97 Å². The molecule has 4 heteroatoms. The molecule has 0 atom stereocenters. The minimum atomic E-state index is -1.21. The number of ether oxygens (including phenoxy) is 1. The first kappa shape index (κ1) is 10.7. The van der Waals surface area contributed by atoms with Crippen molar-refractivity contribution in [3.05, 3.63) is 11.8 Å². The number of carboxylic acids is 1. The lowest BCUT2D eigenvalue weighted by atomic mass is 10.3. The minimum Gasteiger partial charge on any atom is -0.486 e. The summed E-state index contributed by atoms with van der Waals surface area (Å²) in [5, 5.41) is 8.45. The zero-order valence-electron chi connectivity index (χ0n) is 6.95. The summed E-state index contributed by atoms with van der Waals surface area (Å²) in [7, 11) is 0. The van der Waals surface area contributed by atoms with Gasteiger partial charge in [-0.3, -0.25) is 4.79 Å². The summed E-state index contributed by atoms with van der Waals surface area (Å²) < 4.78 is 4.81. The molecule has 12 heavy (non-hydrogen) atoms. The first-order valence-corrected chi connectivity index (χ1v) is 3.74. The van der Waals surface area contributed by atoms with Crippen molar-refractivity contribution in [2.45, 2.75) is 19.8 Å². The molecule has 0 rings (SSSR count). The number of hydrogen-bond acceptors (Lipinski definition) is 3. The number of carbonyl (C=O) groups excluding carboxylic acids is 1. The van der Waals surface area contributed by atoms with Gasteiger partial charge in [0.25, 0.3) is 0 Å². The molecule has 0 aliphatic rings. The number of allylic oxidation sites excluding steroid dienone is 1. The highest BCUT2D eigenvalue weighted by molar-refractivity contribution is 5.88. The Morgan fingerprint density at radius 1 is 1.58 bits per heavy atom. The molecular weight excluding hydrogens is 160 g/mol. The molecule has 0 bridgehead atoms. The molecule has 0 aromatic heterocycles. The average Bonchev–Trinajstić information content (AvgIpc) is 2.03. The first-order chi connectivity index (χ1) is 5.72. The topological polar surface area (TPSA) is 63.6 Å². The minimum absolute atomic E-state index is 0.293. The fourth-order valence-electron chi connectivity index (χ4n) is 0.569. The zero-order valence-corrected chi connectivity index (χ0v) is 6.95. The van der Waals surface area contributed by atoms with E-state index < -0.39 is 5.97 Å². The number of rotatable bonds is 6. The van der Waals surface area contributed by atoms with E-state index in [4.69, 9.17) is 9.84 Å². The molecule has 0 spiro atoms. The van der Waals surface area contributed by atoms with Crippen LogP contribution in [0.4, 0.5) is 0 Å². The molecule has 0 unspecified atom stereocenters. The molecule has 0 saturated heterocycles. The standard InChI is InChI=1S/C8H12O4/c1-2-3-6-12-7(4-5-9)8(10)11/h4-5H,2-3,6H2,1H3,(H,10,11). The Morgan fingerprint density at radius 3 is 2.67 bits per heavy atom. The highest BCUT2D eigenvalue weighted by atomic mass is 16.5. The molecule has 1 N–H and O–H groups in total. The van der Waals surface area contributed by atoms with Crippen LogP contribution in [0.3, 0.4) is 0 Å². The van der Waals surface area contributed by atoms with Crippen molar-refractivity contribution in [1.82, 2.24) is 0 Å². The van der Waals surface area contributed by atoms with Crippen molar-refractivity contribution < 1.29 is 19.4 Å². The number of carbonyl (C=O) groups is 2. The molecule has 0 heterocycles. The van der Waals surface area contributed by atoms with Gasteiger partial charge in [-0.2, -0.15) is 0 Å². The van der Waals surface area contributed by atoms with Crippen LogP contribution in [-0.2, 0) is 14.3 Å². The molecule has 0 aliphatic carbocycles. The average molecular weight is 172 g/mol. The van der Waals surface area contributed by atoms with E-state index in [2.05, 4.69) is 0 Å². The van der Waals surface area contributed by atoms with Gasteiger partial charge in [0.15, 0.2) is 0 Å². The second kappa shape index (κ2) is 6.39. The molecule has 0 saturated carbocycles. The van der Waals surface area contributed by atoms with E-state index in [-0.39, 0.29) is 5.76 Å². The zero-order chi connectivity index (χ0) is 9.40. The SMILES string of the molecule is CCCCOC(=CC=O)C(=O)O. The smallest absolute Gasteiger partial charge is 0.371 e. The van der Waals surface area contributed by atoms with E-state index >= 15 is 0 Å². The van der Waals surface area contributed by atoms with Crippen LogP contribution in [0.25, 0.3) is 0 Å². The number of aldehydes is 1. The number of unbranched alkanes of at least 4 members (excludes halogenated alkanes) is 1. The van der Waals surface area contributed by atoms with Crippen LogP contribution >= 0.6 is 0 Å². The second-order valence-corrected chi connectivity index (χ2v) is 2.17. The lowest BCUT2D eigenvalue weighted by molar-refractivity contribution is -0.136. The molecule has 4 nitrogen and oxygen atoms in total. The van der Waals surface area contributed by atoms with Crippen LogP contribution in [0.5, 0.6) is 0 Å². The molecule has 0 aromatic rings. The molecular formula is C8H12O4. The van der Waals surface area contributed by atoms with Crippen LogP contribution in [0.2, 0.25) is 0 Å². The van der Waals surface area contributed by atoms with E-state index in [9.17, 15) is 9.59 Å². The van der Waals surface area contributed by atoms with Crippen molar-refractivity contribution in [3.63, 3.8) is 0 Å². The summed E-state index contributed by atoms with van der Waals surface area (Å²) in [6, 6.07) is 0. The number of aliphatic carboxylic acids is 1. The van der Waals surface area contributed by atoms with Crippen molar-refractivity contribution in [1.29, 1.82) is 0 Å². The van der Waals surface area contributed by atoms with Crippen molar-refractivity contribution in [2.24, 2.45) is 0 Å². The first-order valence-electron chi connectivity index (χ1n) is 3.74. The monoisotopic (exact) mass is 172 g/mol. The molecule has 0 fully saturated rings. The highest BCUT2D eigenvalue weighted by Gasteiger charge is 2.06. The van der Waals surface area contributed by atoms with E-state index in [1.54, 1.807) is 0 Å². The maximum atomic E-state index is 10.3.